The molecule has 0 saturated heterocycles. The van der Waals surface area contributed by atoms with Gasteiger partial charge in [-0.15, -0.1) is 0 Å². The zero-order chi connectivity index (χ0) is 12.3. The van der Waals surface area contributed by atoms with Crippen molar-refractivity contribution in [3.8, 4) is 0 Å². The van der Waals surface area contributed by atoms with E-state index in [1.165, 1.54) is 64.2 Å². The lowest BCUT2D eigenvalue weighted by Gasteiger charge is -2.28. The molecule has 0 saturated carbocycles. The Balaban J connectivity index is 3.53. The molecule has 0 radical (unpaired) electrons. The summed E-state index contributed by atoms with van der Waals surface area (Å²) >= 11 is 0. The molecule has 0 spiro atoms. The molecule has 1 unspecified atom stereocenters. The monoisotopic (exact) mass is 227 g/mol. The minimum Gasteiger partial charge on any atom is -0.325 e. The van der Waals surface area contributed by atoms with Gasteiger partial charge in [-0.2, -0.15) is 0 Å². The second-order valence-electron chi connectivity index (χ2n) is 5.34. The van der Waals surface area contributed by atoms with Crippen LogP contribution in [0, 0.1) is 0 Å². The predicted molar refractivity (Wildman–Crippen MR) is 74.7 cm³/mol. The third kappa shape index (κ3) is 8.15. The Morgan fingerprint density at radius 3 is 1.75 bits per heavy atom. The van der Waals surface area contributed by atoms with Crippen LogP contribution in [-0.2, 0) is 0 Å². The summed E-state index contributed by atoms with van der Waals surface area (Å²) in [5.41, 5.74) is 6.56. The lowest BCUT2D eigenvalue weighted by atomic mass is 9.85. The largest absolute Gasteiger partial charge is 0.325 e. The second kappa shape index (κ2) is 10.1. The minimum atomic E-state index is 0.140. The van der Waals surface area contributed by atoms with Crippen LogP contribution in [0.25, 0.3) is 0 Å². The van der Waals surface area contributed by atoms with Crippen LogP contribution in [-0.4, -0.2) is 5.54 Å². The Morgan fingerprint density at radius 2 is 1.19 bits per heavy atom. The molecule has 0 aromatic heterocycles. The highest BCUT2D eigenvalue weighted by molar-refractivity contribution is 4.82. The van der Waals surface area contributed by atoms with Crippen LogP contribution in [0.4, 0.5) is 0 Å². The van der Waals surface area contributed by atoms with Gasteiger partial charge in [-0.3, -0.25) is 0 Å². The smallest absolute Gasteiger partial charge is 0.0151 e. The molecule has 1 atom stereocenters. The molecular weight excluding hydrogens is 194 g/mol. The van der Waals surface area contributed by atoms with E-state index in [9.17, 15) is 0 Å². The van der Waals surface area contributed by atoms with Crippen LogP contribution < -0.4 is 5.73 Å². The van der Waals surface area contributed by atoms with Crippen LogP contribution in [0.2, 0.25) is 0 Å². The van der Waals surface area contributed by atoms with Crippen molar-refractivity contribution in [1.29, 1.82) is 0 Å². The maximum absolute atomic E-state index is 6.42. The summed E-state index contributed by atoms with van der Waals surface area (Å²) in [7, 11) is 0. The highest BCUT2D eigenvalue weighted by Crippen LogP contribution is 2.23. The number of hydrogen-bond acceptors (Lipinski definition) is 1. The highest BCUT2D eigenvalue weighted by atomic mass is 14.7. The average molecular weight is 227 g/mol. The van der Waals surface area contributed by atoms with E-state index < -0.39 is 0 Å². The molecule has 0 bridgehead atoms. The molecule has 0 aromatic carbocycles. The standard InChI is InChI=1S/C15H33N/c1-4-7-9-10-11-12-14-15(16,6-3)13-8-5-2/h4-14,16H2,1-3H3. The maximum atomic E-state index is 6.42. The fourth-order valence-corrected chi connectivity index (χ4v) is 2.26. The second-order valence-corrected chi connectivity index (χ2v) is 5.34. The zero-order valence-electron chi connectivity index (χ0n) is 11.9. The lowest BCUT2D eigenvalue weighted by molar-refractivity contribution is 0.328. The van der Waals surface area contributed by atoms with E-state index in [1.807, 2.05) is 0 Å². The van der Waals surface area contributed by atoms with Crippen molar-refractivity contribution in [1.82, 2.24) is 0 Å². The van der Waals surface area contributed by atoms with Crippen LogP contribution in [0.15, 0.2) is 0 Å². The Morgan fingerprint density at radius 1 is 0.688 bits per heavy atom. The van der Waals surface area contributed by atoms with Crippen molar-refractivity contribution in [3.63, 3.8) is 0 Å². The van der Waals surface area contributed by atoms with Gasteiger partial charge in [0.15, 0.2) is 0 Å². The Kier molecular flexibility index (Phi) is 10.1. The molecule has 1 heteroatoms. The quantitative estimate of drug-likeness (QED) is 0.492. The van der Waals surface area contributed by atoms with Gasteiger partial charge in [0.05, 0.1) is 0 Å². The molecule has 0 aliphatic carbocycles. The first-order chi connectivity index (χ1) is 7.68. The van der Waals surface area contributed by atoms with Crippen molar-refractivity contribution in [2.75, 3.05) is 0 Å². The first-order valence-corrected chi connectivity index (χ1v) is 7.47. The van der Waals surface area contributed by atoms with E-state index in [2.05, 4.69) is 20.8 Å². The fourth-order valence-electron chi connectivity index (χ4n) is 2.26. The normalized spacial score (nSPS) is 15.0. The average Bonchev–Trinajstić information content (AvgIpc) is 2.31. The van der Waals surface area contributed by atoms with E-state index in [4.69, 9.17) is 5.73 Å². The van der Waals surface area contributed by atoms with Gasteiger partial charge in [0.25, 0.3) is 0 Å². The molecule has 0 amide bonds. The lowest BCUT2D eigenvalue weighted by Crippen LogP contribution is -2.38. The molecule has 1 nitrogen and oxygen atoms in total. The predicted octanol–water partition coefficient (Wildman–Crippen LogP) is 5.03. The van der Waals surface area contributed by atoms with Gasteiger partial charge in [0.2, 0.25) is 0 Å². The highest BCUT2D eigenvalue weighted by Gasteiger charge is 2.20. The van der Waals surface area contributed by atoms with Gasteiger partial charge in [0.1, 0.15) is 0 Å². The summed E-state index contributed by atoms with van der Waals surface area (Å²) in [6.07, 6.45) is 14.4. The Bertz CT molecular complexity index is 144. The molecule has 0 aliphatic heterocycles. The summed E-state index contributed by atoms with van der Waals surface area (Å²) in [6, 6.07) is 0. The van der Waals surface area contributed by atoms with Gasteiger partial charge >= 0.3 is 0 Å². The minimum absolute atomic E-state index is 0.140. The summed E-state index contributed by atoms with van der Waals surface area (Å²) in [5.74, 6) is 0. The molecule has 0 rings (SSSR count). The van der Waals surface area contributed by atoms with Crippen LogP contribution in [0.3, 0.4) is 0 Å². The molecule has 0 heterocycles. The molecule has 0 aliphatic rings. The number of nitrogens with two attached hydrogens (primary N) is 1. The molecule has 0 aromatic rings. The van der Waals surface area contributed by atoms with Crippen LogP contribution >= 0.6 is 0 Å². The number of rotatable bonds is 11. The molecular formula is C15H33N. The van der Waals surface area contributed by atoms with Crippen LogP contribution in [0.1, 0.15) is 91.4 Å². The topological polar surface area (TPSA) is 26.0 Å². The number of unbranched alkanes of at least 4 members (excludes halogenated alkanes) is 6. The van der Waals surface area contributed by atoms with Crippen molar-refractivity contribution < 1.29 is 0 Å². The van der Waals surface area contributed by atoms with Gasteiger partial charge in [-0.05, 0) is 19.3 Å². The van der Waals surface area contributed by atoms with Crippen molar-refractivity contribution in [2.24, 2.45) is 5.73 Å². The van der Waals surface area contributed by atoms with Gasteiger partial charge in [-0.25, -0.2) is 0 Å². The first-order valence-electron chi connectivity index (χ1n) is 7.47. The van der Waals surface area contributed by atoms with Gasteiger partial charge in [0, 0.05) is 5.54 Å². The molecule has 0 fully saturated rings. The third-order valence-corrected chi connectivity index (χ3v) is 3.76. The van der Waals surface area contributed by atoms with Crippen LogP contribution in [0.5, 0.6) is 0 Å². The van der Waals surface area contributed by atoms with Gasteiger partial charge in [-0.1, -0.05) is 72.1 Å². The Labute approximate surface area is 103 Å². The summed E-state index contributed by atoms with van der Waals surface area (Å²) in [6.45, 7) is 6.76. The Hall–Kier alpha value is -0.0400. The summed E-state index contributed by atoms with van der Waals surface area (Å²) in [4.78, 5) is 0. The first kappa shape index (κ1) is 16.0. The van der Waals surface area contributed by atoms with E-state index in [-0.39, 0.29) is 5.54 Å². The SMILES string of the molecule is CCCCCCCCC(N)(CC)CCCC. The van der Waals surface area contributed by atoms with Gasteiger partial charge < -0.3 is 5.73 Å². The summed E-state index contributed by atoms with van der Waals surface area (Å²) < 4.78 is 0. The van der Waals surface area contributed by atoms with Crippen molar-refractivity contribution in [3.05, 3.63) is 0 Å². The van der Waals surface area contributed by atoms with E-state index in [0.717, 1.165) is 6.42 Å². The van der Waals surface area contributed by atoms with E-state index >= 15 is 0 Å². The number of hydrogen-bond donors (Lipinski definition) is 1. The summed E-state index contributed by atoms with van der Waals surface area (Å²) in [5, 5.41) is 0. The molecule has 2 N–H and O–H groups in total. The zero-order valence-corrected chi connectivity index (χ0v) is 11.9. The third-order valence-electron chi connectivity index (χ3n) is 3.76. The van der Waals surface area contributed by atoms with E-state index in [1.54, 1.807) is 0 Å². The fraction of sp³-hybridized carbons (Fsp3) is 1.00. The van der Waals surface area contributed by atoms with Crippen molar-refractivity contribution >= 4 is 0 Å². The molecule has 16 heavy (non-hydrogen) atoms. The maximum Gasteiger partial charge on any atom is 0.0151 e. The molecule has 98 valence electrons. The van der Waals surface area contributed by atoms with E-state index in [0.29, 0.717) is 0 Å². The van der Waals surface area contributed by atoms with Crippen molar-refractivity contribution in [2.45, 2.75) is 96.9 Å².